The molecule has 1 aromatic carbocycles. The molecule has 0 radical (unpaired) electrons. The molecule has 5 rings (SSSR count). The number of rotatable bonds is 5. The number of aromatic amines is 1. The molecule has 0 bridgehead atoms. The Labute approximate surface area is 192 Å². The van der Waals surface area contributed by atoms with Crippen molar-refractivity contribution < 1.29 is 4.79 Å². The first-order chi connectivity index (χ1) is 15.5. The molecule has 0 spiro atoms. The highest BCUT2D eigenvalue weighted by molar-refractivity contribution is 6.35. The van der Waals surface area contributed by atoms with Crippen LogP contribution in [0.2, 0.25) is 10.0 Å². The van der Waals surface area contributed by atoms with Gasteiger partial charge in [-0.1, -0.05) is 23.2 Å². The molecule has 9 heteroatoms. The maximum Gasteiger partial charge on any atom is 0.272 e. The normalized spacial score (nSPS) is 11.2. The molecule has 0 aliphatic rings. The Balaban J connectivity index is 1.29. The first kappa shape index (κ1) is 20.4. The van der Waals surface area contributed by atoms with Crippen molar-refractivity contribution in [2.75, 3.05) is 0 Å². The number of aromatic nitrogens is 5. The van der Waals surface area contributed by atoms with E-state index in [1.807, 2.05) is 36.5 Å². The van der Waals surface area contributed by atoms with Gasteiger partial charge in [0.05, 0.1) is 16.7 Å². The van der Waals surface area contributed by atoms with Crippen molar-refractivity contribution in [1.82, 2.24) is 30.5 Å². The highest BCUT2D eigenvalue weighted by Crippen LogP contribution is 2.22. The van der Waals surface area contributed by atoms with E-state index in [0.29, 0.717) is 28.7 Å². The molecule has 32 heavy (non-hydrogen) atoms. The van der Waals surface area contributed by atoms with Crippen LogP contribution in [-0.2, 0) is 13.0 Å². The Morgan fingerprint density at radius 3 is 2.72 bits per heavy atom. The number of halogens is 2. The van der Waals surface area contributed by atoms with Gasteiger partial charge < -0.3 is 10.3 Å². The first-order valence-electron chi connectivity index (χ1n) is 9.81. The summed E-state index contributed by atoms with van der Waals surface area (Å²) in [5.74, 6) is -0.317. The van der Waals surface area contributed by atoms with Gasteiger partial charge in [0.1, 0.15) is 5.65 Å². The zero-order valence-corrected chi connectivity index (χ0v) is 18.2. The Morgan fingerprint density at radius 1 is 0.969 bits per heavy atom. The topological polar surface area (TPSA) is 96.5 Å². The van der Waals surface area contributed by atoms with Gasteiger partial charge in [-0.15, -0.1) is 5.10 Å². The van der Waals surface area contributed by atoms with E-state index in [0.717, 1.165) is 33.0 Å². The van der Waals surface area contributed by atoms with Crippen molar-refractivity contribution in [2.24, 2.45) is 0 Å². The zero-order valence-electron chi connectivity index (χ0n) is 16.6. The average Bonchev–Trinajstić information content (AvgIpc) is 3.17. The second-order valence-electron chi connectivity index (χ2n) is 7.37. The van der Waals surface area contributed by atoms with Crippen LogP contribution in [0.1, 0.15) is 27.2 Å². The van der Waals surface area contributed by atoms with E-state index in [-0.39, 0.29) is 11.6 Å². The van der Waals surface area contributed by atoms with Crippen molar-refractivity contribution in [3.05, 3.63) is 93.6 Å². The van der Waals surface area contributed by atoms with E-state index in [2.05, 4.69) is 30.5 Å². The molecule has 0 aliphatic carbocycles. The van der Waals surface area contributed by atoms with Gasteiger partial charge in [0.25, 0.3) is 5.91 Å². The molecule has 0 aliphatic heterocycles. The van der Waals surface area contributed by atoms with Gasteiger partial charge >= 0.3 is 0 Å². The van der Waals surface area contributed by atoms with E-state index >= 15 is 0 Å². The number of fused-ring (bicyclic) bond motifs is 2. The molecule has 0 fully saturated rings. The molecule has 5 aromatic rings. The van der Waals surface area contributed by atoms with Crippen molar-refractivity contribution >= 4 is 51.0 Å². The summed E-state index contributed by atoms with van der Waals surface area (Å²) in [6, 6.07) is 11.2. The standard InChI is InChI=1S/C23H16Cl2N6O/c24-17-1-2-20-16(7-17)4-13(8-26-20)3-14-6-21(31-30-11-14)23(32)29-10-15-5-18-19(25)12-28-22(18)27-9-15/h1-2,4-9,11-12H,3,10H2,(H,27,28)(H,29,32). The second-order valence-corrected chi connectivity index (χ2v) is 8.21. The molecule has 0 saturated carbocycles. The van der Waals surface area contributed by atoms with Gasteiger partial charge in [0.15, 0.2) is 5.69 Å². The maximum absolute atomic E-state index is 12.6. The van der Waals surface area contributed by atoms with Crippen LogP contribution in [0.25, 0.3) is 21.9 Å². The third-order valence-electron chi connectivity index (χ3n) is 5.04. The summed E-state index contributed by atoms with van der Waals surface area (Å²) >= 11 is 12.2. The molecule has 0 unspecified atom stereocenters. The number of hydrogen-bond acceptors (Lipinski definition) is 5. The quantitative estimate of drug-likeness (QED) is 0.393. The average molecular weight is 463 g/mol. The minimum absolute atomic E-state index is 0.244. The Hall–Kier alpha value is -3.55. The van der Waals surface area contributed by atoms with Gasteiger partial charge in [0.2, 0.25) is 0 Å². The largest absolute Gasteiger partial charge is 0.347 e. The Kier molecular flexibility index (Phi) is 5.43. The predicted molar refractivity (Wildman–Crippen MR) is 124 cm³/mol. The molecule has 0 saturated heterocycles. The van der Waals surface area contributed by atoms with E-state index < -0.39 is 0 Å². The maximum atomic E-state index is 12.6. The van der Waals surface area contributed by atoms with Crippen LogP contribution < -0.4 is 5.32 Å². The lowest BCUT2D eigenvalue weighted by Gasteiger charge is -2.07. The summed E-state index contributed by atoms with van der Waals surface area (Å²) in [5.41, 5.74) is 4.50. The van der Waals surface area contributed by atoms with E-state index in [9.17, 15) is 4.79 Å². The van der Waals surface area contributed by atoms with Crippen molar-refractivity contribution in [1.29, 1.82) is 0 Å². The first-order valence-corrected chi connectivity index (χ1v) is 10.6. The summed E-state index contributed by atoms with van der Waals surface area (Å²) < 4.78 is 0. The summed E-state index contributed by atoms with van der Waals surface area (Å²) in [5, 5.41) is 13.8. The number of H-pyrrole nitrogens is 1. The number of benzene rings is 1. The summed E-state index contributed by atoms with van der Waals surface area (Å²) in [6.45, 7) is 0.296. The van der Waals surface area contributed by atoms with Crippen molar-refractivity contribution in [3.8, 4) is 0 Å². The molecule has 2 N–H and O–H groups in total. The molecule has 158 valence electrons. The highest BCUT2D eigenvalue weighted by atomic mass is 35.5. The van der Waals surface area contributed by atoms with Gasteiger partial charge in [-0.2, -0.15) is 5.10 Å². The van der Waals surface area contributed by atoms with Crippen molar-refractivity contribution in [3.63, 3.8) is 0 Å². The lowest BCUT2D eigenvalue weighted by molar-refractivity contribution is 0.0944. The van der Waals surface area contributed by atoms with Crippen LogP contribution in [0.4, 0.5) is 0 Å². The zero-order chi connectivity index (χ0) is 22.1. The number of pyridine rings is 2. The number of nitrogens with one attached hydrogen (secondary N) is 2. The summed E-state index contributed by atoms with van der Waals surface area (Å²) in [6.07, 6.45) is 7.40. The SMILES string of the molecule is O=C(NCc1cnc2[nH]cc(Cl)c2c1)c1cc(Cc2cnc3ccc(Cl)cc3c2)cnn1. The van der Waals surface area contributed by atoms with E-state index in [4.69, 9.17) is 23.2 Å². The molecular formula is C23H16Cl2N6O. The molecule has 4 aromatic heterocycles. The number of nitrogens with zero attached hydrogens (tertiary/aromatic N) is 4. The van der Waals surface area contributed by atoms with Crippen molar-refractivity contribution in [2.45, 2.75) is 13.0 Å². The Morgan fingerprint density at radius 2 is 1.81 bits per heavy atom. The van der Waals surface area contributed by atoms with Gasteiger partial charge in [-0.25, -0.2) is 4.98 Å². The lowest BCUT2D eigenvalue weighted by atomic mass is 10.1. The summed E-state index contributed by atoms with van der Waals surface area (Å²) in [7, 11) is 0. The fourth-order valence-electron chi connectivity index (χ4n) is 3.48. The van der Waals surface area contributed by atoms with E-state index in [1.54, 1.807) is 24.7 Å². The molecular weight excluding hydrogens is 447 g/mol. The van der Waals surface area contributed by atoms with Crippen LogP contribution in [0.15, 0.2) is 61.2 Å². The number of hydrogen-bond donors (Lipinski definition) is 2. The fraction of sp³-hybridized carbons (Fsp3) is 0.0870. The summed E-state index contributed by atoms with van der Waals surface area (Å²) in [4.78, 5) is 24.4. The minimum Gasteiger partial charge on any atom is -0.347 e. The number of carbonyl (C=O) groups excluding carboxylic acids is 1. The Bertz CT molecular complexity index is 1470. The van der Waals surface area contributed by atoms with Crippen LogP contribution in [0.5, 0.6) is 0 Å². The third-order valence-corrected chi connectivity index (χ3v) is 5.59. The van der Waals surface area contributed by atoms with Gasteiger partial charge in [-0.3, -0.25) is 9.78 Å². The molecule has 7 nitrogen and oxygen atoms in total. The lowest BCUT2D eigenvalue weighted by Crippen LogP contribution is -2.24. The number of carbonyl (C=O) groups is 1. The highest BCUT2D eigenvalue weighted by Gasteiger charge is 2.11. The van der Waals surface area contributed by atoms with Crippen LogP contribution in [-0.4, -0.2) is 31.1 Å². The molecule has 0 atom stereocenters. The predicted octanol–water partition coefficient (Wildman–Crippen LogP) is 4.73. The molecule has 1 amide bonds. The second kappa shape index (κ2) is 8.53. The van der Waals surface area contributed by atoms with Crippen LogP contribution in [0, 0.1) is 0 Å². The minimum atomic E-state index is -0.317. The fourth-order valence-corrected chi connectivity index (χ4v) is 3.86. The van der Waals surface area contributed by atoms with Gasteiger partial charge in [0, 0.05) is 47.4 Å². The molecule has 4 heterocycles. The third kappa shape index (κ3) is 4.26. The van der Waals surface area contributed by atoms with Crippen LogP contribution in [0.3, 0.4) is 0 Å². The monoisotopic (exact) mass is 462 g/mol. The van der Waals surface area contributed by atoms with E-state index in [1.165, 1.54) is 0 Å². The van der Waals surface area contributed by atoms with Crippen LogP contribution >= 0.6 is 23.2 Å². The number of amides is 1. The van der Waals surface area contributed by atoms with Gasteiger partial charge in [-0.05, 0) is 53.1 Å². The smallest absolute Gasteiger partial charge is 0.272 e.